The van der Waals surface area contributed by atoms with Crippen molar-refractivity contribution in [1.82, 2.24) is 0 Å². The van der Waals surface area contributed by atoms with E-state index in [0.717, 1.165) is 11.3 Å². The lowest BCUT2D eigenvalue weighted by molar-refractivity contribution is -0.286. The molecular formula is C21H25ClO7. The smallest absolute Gasteiger partial charge is 0.229 e. The zero-order chi connectivity index (χ0) is 21.1. The van der Waals surface area contributed by atoms with Crippen LogP contribution in [0.25, 0.3) is 0 Å². The highest BCUT2D eigenvalue weighted by Gasteiger charge is 2.46. The van der Waals surface area contributed by atoms with Crippen molar-refractivity contribution < 1.29 is 34.6 Å². The summed E-state index contributed by atoms with van der Waals surface area (Å²) in [6.45, 7) is 1.42. The Kier molecular flexibility index (Phi) is 7.00. The fraction of sp³-hybridized carbons (Fsp3) is 0.429. The van der Waals surface area contributed by atoms with Crippen molar-refractivity contribution in [2.45, 2.75) is 50.2 Å². The lowest BCUT2D eigenvalue weighted by Crippen LogP contribution is -2.61. The zero-order valence-corrected chi connectivity index (χ0v) is 16.9. The maximum absolute atomic E-state index is 10.3. The molecule has 0 bridgehead atoms. The average molecular weight is 425 g/mol. The molecule has 7 nitrogen and oxygen atoms in total. The van der Waals surface area contributed by atoms with Crippen molar-refractivity contribution in [3.8, 4) is 11.5 Å². The Bertz CT molecular complexity index is 811. The van der Waals surface area contributed by atoms with Crippen molar-refractivity contribution in [2.24, 2.45) is 0 Å². The molecule has 2 aromatic carbocycles. The summed E-state index contributed by atoms with van der Waals surface area (Å²) < 4.78 is 16.5. The highest BCUT2D eigenvalue weighted by Crippen LogP contribution is 2.33. The molecule has 158 valence electrons. The van der Waals surface area contributed by atoms with Gasteiger partial charge in [0.1, 0.15) is 35.9 Å². The first-order chi connectivity index (χ1) is 13.8. The largest absolute Gasteiger partial charge is 0.497 e. The lowest BCUT2D eigenvalue weighted by atomic mass is 9.96. The van der Waals surface area contributed by atoms with Gasteiger partial charge < -0.3 is 34.6 Å². The molecule has 8 heteroatoms. The fourth-order valence-electron chi connectivity index (χ4n) is 3.26. The number of benzene rings is 2. The van der Waals surface area contributed by atoms with E-state index >= 15 is 0 Å². The molecule has 4 N–H and O–H groups in total. The van der Waals surface area contributed by atoms with Crippen molar-refractivity contribution in [2.75, 3.05) is 7.11 Å². The Balaban J connectivity index is 1.84. The van der Waals surface area contributed by atoms with E-state index in [1.807, 2.05) is 24.3 Å². The summed E-state index contributed by atoms with van der Waals surface area (Å²) >= 11 is 6.39. The van der Waals surface area contributed by atoms with Crippen LogP contribution in [0.5, 0.6) is 11.5 Å². The third-order valence-corrected chi connectivity index (χ3v) is 5.30. The van der Waals surface area contributed by atoms with Crippen molar-refractivity contribution >= 4 is 11.6 Å². The molecule has 0 saturated carbocycles. The van der Waals surface area contributed by atoms with Crippen LogP contribution in [0.15, 0.2) is 42.5 Å². The normalized spacial score (nSPS) is 28.0. The SMILES string of the molecule is COc1ccc(Cc2c(Cl)cccc2O[C@@H]2O[C@H]([C@@H](C)O)[C@@H](O)[C@H](O)[C@H]2O)cc1. The predicted octanol–water partition coefficient (Wildman–Crippen LogP) is 1.51. The van der Waals surface area contributed by atoms with E-state index < -0.39 is 36.8 Å². The first-order valence-corrected chi connectivity index (χ1v) is 9.64. The molecule has 3 rings (SSSR count). The van der Waals surface area contributed by atoms with Crippen LogP contribution >= 0.6 is 11.6 Å². The minimum absolute atomic E-state index is 0.366. The van der Waals surface area contributed by atoms with Gasteiger partial charge in [0.05, 0.1) is 13.2 Å². The van der Waals surface area contributed by atoms with E-state index in [2.05, 4.69) is 0 Å². The minimum atomic E-state index is -1.53. The van der Waals surface area contributed by atoms with Gasteiger partial charge in [-0.3, -0.25) is 0 Å². The third kappa shape index (κ3) is 4.83. The Morgan fingerprint density at radius 1 is 1.03 bits per heavy atom. The molecule has 0 aromatic heterocycles. The first kappa shape index (κ1) is 21.8. The highest BCUT2D eigenvalue weighted by atomic mass is 35.5. The molecule has 6 atom stereocenters. The number of hydrogen-bond acceptors (Lipinski definition) is 7. The molecule has 1 aliphatic heterocycles. The second-order valence-electron chi connectivity index (χ2n) is 7.04. The van der Waals surface area contributed by atoms with Gasteiger partial charge in [-0.25, -0.2) is 0 Å². The maximum Gasteiger partial charge on any atom is 0.229 e. The Morgan fingerprint density at radius 2 is 1.72 bits per heavy atom. The quantitative estimate of drug-likeness (QED) is 0.556. The molecule has 1 fully saturated rings. The van der Waals surface area contributed by atoms with Crippen LogP contribution in [0.2, 0.25) is 5.02 Å². The number of methoxy groups -OCH3 is 1. The number of aliphatic hydroxyl groups is 4. The second kappa shape index (κ2) is 9.30. The highest BCUT2D eigenvalue weighted by molar-refractivity contribution is 6.31. The van der Waals surface area contributed by atoms with Gasteiger partial charge in [0.15, 0.2) is 0 Å². The first-order valence-electron chi connectivity index (χ1n) is 9.26. The van der Waals surface area contributed by atoms with Crippen LogP contribution in [0.4, 0.5) is 0 Å². The minimum Gasteiger partial charge on any atom is -0.497 e. The van der Waals surface area contributed by atoms with Crippen LogP contribution < -0.4 is 9.47 Å². The second-order valence-corrected chi connectivity index (χ2v) is 7.45. The van der Waals surface area contributed by atoms with Crippen LogP contribution in [-0.4, -0.2) is 64.3 Å². The van der Waals surface area contributed by atoms with Gasteiger partial charge in [0.25, 0.3) is 0 Å². The average Bonchev–Trinajstić information content (AvgIpc) is 2.71. The van der Waals surface area contributed by atoms with Gasteiger partial charge in [-0.2, -0.15) is 0 Å². The van der Waals surface area contributed by atoms with E-state index in [1.54, 1.807) is 25.3 Å². The number of rotatable bonds is 6. The topological polar surface area (TPSA) is 109 Å². The Labute approximate surface area is 174 Å². The molecule has 2 aromatic rings. The zero-order valence-electron chi connectivity index (χ0n) is 16.1. The van der Waals surface area contributed by atoms with Crippen LogP contribution in [0.3, 0.4) is 0 Å². The summed E-state index contributed by atoms with van der Waals surface area (Å²) in [7, 11) is 1.59. The van der Waals surface area contributed by atoms with Gasteiger partial charge in [0, 0.05) is 17.0 Å². The maximum atomic E-state index is 10.3. The van der Waals surface area contributed by atoms with E-state index in [9.17, 15) is 20.4 Å². The predicted molar refractivity (Wildman–Crippen MR) is 106 cm³/mol. The van der Waals surface area contributed by atoms with E-state index in [4.69, 9.17) is 25.8 Å². The standard InChI is InChI=1S/C21H25ClO7/c1-11(23)20-18(25)17(24)19(26)21(29-20)28-16-5-3-4-15(22)14(16)10-12-6-8-13(27-2)9-7-12/h3-9,11,17-21,23-26H,10H2,1-2H3/t11-,17+,18+,19-,20-,21-/m1/s1. The number of aliphatic hydroxyl groups excluding tert-OH is 4. The molecule has 29 heavy (non-hydrogen) atoms. The van der Waals surface area contributed by atoms with Crippen LogP contribution in [-0.2, 0) is 11.2 Å². The van der Waals surface area contributed by atoms with Crippen molar-refractivity contribution in [3.63, 3.8) is 0 Å². The molecule has 1 aliphatic rings. The number of halogens is 1. The Morgan fingerprint density at radius 3 is 2.34 bits per heavy atom. The molecule has 0 unspecified atom stereocenters. The van der Waals surface area contributed by atoms with Gasteiger partial charge >= 0.3 is 0 Å². The molecule has 0 aliphatic carbocycles. The fourth-order valence-corrected chi connectivity index (χ4v) is 3.50. The van der Waals surface area contributed by atoms with E-state index in [-0.39, 0.29) is 0 Å². The molecule has 0 spiro atoms. The van der Waals surface area contributed by atoms with E-state index in [0.29, 0.717) is 22.8 Å². The van der Waals surface area contributed by atoms with Crippen molar-refractivity contribution in [3.05, 3.63) is 58.6 Å². The number of ether oxygens (including phenoxy) is 3. The van der Waals surface area contributed by atoms with Gasteiger partial charge in [0.2, 0.25) is 6.29 Å². The summed E-state index contributed by atoms with van der Waals surface area (Å²) in [5, 5.41) is 40.7. The van der Waals surface area contributed by atoms with Gasteiger partial charge in [-0.15, -0.1) is 0 Å². The summed E-state index contributed by atoms with van der Waals surface area (Å²) in [6, 6.07) is 12.6. The monoisotopic (exact) mass is 424 g/mol. The summed E-state index contributed by atoms with van der Waals surface area (Å²) in [4.78, 5) is 0. The summed E-state index contributed by atoms with van der Waals surface area (Å²) in [6.07, 6.45) is -7.50. The molecule has 1 saturated heterocycles. The van der Waals surface area contributed by atoms with Gasteiger partial charge in [-0.05, 0) is 36.8 Å². The van der Waals surface area contributed by atoms with Gasteiger partial charge in [-0.1, -0.05) is 29.8 Å². The molecule has 0 amide bonds. The van der Waals surface area contributed by atoms with E-state index in [1.165, 1.54) is 6.92 Å². The summed E-state index contributed by atoms with van der Waals surface area (Å²) in [5.41, 5.74) is 1.63. The molecular weight excluding hydrogens is 400 g/mol. The molecule has 0 radical (unpaired) electrons. The van der Waals surface area contributed by atoms with Crippen molar-refractivity contribution in [1.29, 1.82) is 0 Å². The summed E-state index contributed by atoms with van der Waals surface area (Å²) in [5.74, 6) is 1.10. The molecule has 1 heterocycles. The Hall–Kier alpha value is -1.87. The van der Waals surface area contributed by atoms with Crippen LogP contribution in [0, 0.1) is 0 Å². The third-order valence-electron chi connectivity index (χ3n) is 4.94. The lowest BCUT2D eigenvalue weighted by Gasteiger charge is -2.41. The number of hydrogen-bond donors (Lipinski definition) is 4. The van der Waals surface area contributed by atoms with Crippen LogP contribution in [0.1, 0.15) is 18.1 Å².